The van der Waals surface area contributed by atoms with Gasteiger partial charge in [0, 0.05) is 4.47 Å². The Labute approximate surface area is 123 Å². The molecule has 3 rings (SSSR count). The summed E-state index contributed by atoms with van der Waals surface area (Å²) in [6.45, 7) is 1.74. The third kappa shape index (κ3) is 1.74. The Morgan fingerprint density at radius 3 is 2.10 bits per heavy atom. The number of carbonyl (C=O) groups excluding carboxylic acids is 2. The van der Waals surface area contributed by atoms with E-state index >= 15 is 0 Å². The highest BCUT2D eigenvalue weighted by atomic mass is 79.9. The van der Waals surface area contributed by atoms with Gasteiger partial charge in [0.05, 0.1) is 16.8 Å². The van der Waals surface area contributed by atoms with E-state index in [1.165, 1.54) is 6.07 Å². The molecule has 100 valence electrons. The number of aromatic hydroxyl groups is 1. The number of carbonyl (C=O) groups is 2. The summed E-state index contributed by atoms with van der Waals surface area (Å²) in [7, 11) is 0. The van der Waals surface area contributed by atoms with Crippen molar-refractivity contribution in [1.82, 2.24) is 0 Å². The van der Waals surface area contributed by atoms with Gasteiger partial charge in [0.1, 0.15) is 5.75 Å². The van der Waals surface area contributed by atoms with Crippen LogP contribution in [-0.2, 0) is 0 Å². The number of fused-ring (bicyclic) bond motifs is 1. The molecule has 0 saturated carbocycles. The number of halogens is 1. The number of aryl methyl sites for hydroxylation is 1. The normalized spacial score (nSPS) is 13.8. The summed E-state index contributed by atoms with van der Waals surface area (Å²) >= 11 is 3.27. The minimum Gasteiger partial charge on any atom is -0.506 e. The predicted octanol–water partition coefficient (Wildman–Crippen LogP) is 3.26. The fourth-order valence-electron chi connectivity index (χ4n) is 2.40. The van der Waals surface area contributed by atoms with E-state index in [1.54, 1.807) is 37.3 Å². The van der Waals surface area contributed by atoms with Crippen LogP contribution in [0.4, 0.5) is 5.69 Å². The van der Waals surface area contributed by atoms with Crippen LogP contribution in [0.3, 0.4) is 0 Å². The van der Waals surface area contributed by atoms with Crippen molar-refractivity contribution in [1.29, 1.82) is 0 Å². The van der Waals surface area contributed by atoms with Gasteiger partial charge in [0.25, 0.3) is 11.8 Å². The van der Waals surface area contributed by atoms with Crippen LogP contribution in [0.2, 0.25) is 0 Å². The molecule has 0 spiro atoms. The number of phenolic OH excluding ortho intramolecular Hbond substituents is 1. The number of hydrogen-bond acceptors (Lipinski definition) is 3. The fourth-order valence-corrected chi connectivity index (χ4v) is 2.96. The smallest absolute Gasteiger partial charge is 0.266 e. The second-order valence-electron chi connectivity index (χ2n) is 4.58. The molecule has 2 aromatic carbocycles. The summed E-state index contributed by atoms with van der Waals surface area (Å²) in [6.07, 6.45) is 0. The van der Waals surface area contributed by atoms with E-state index in [1.807, 2.05) is 0 Å². The van der Waals surface area contributed by atoms with Crippen molar-refractivity contribution in [2.24, 2.45) is 0 Å². The molecular weight excluding hydrogens is 322 g/mol. The molecule has 0 bridgehead atoms. The van der Waals surface area contributed by atoms with E-state index in [2.05, 4.69) is 15.9 Å². The lowest BCUT2D eigenvalue weighted by Gasteiger charge is -2.18. The molecule has 0 aromatic heterocycles. The Bertz CT molecular complexity index is 697. The van der Waals surface area contributed by atoms with Crippen LogP contribution in [0, 0.1) is 6.92 Å². The standard InChI is InChI=1S/C15H10BrNO3/c1-8-6-9(16)7-12(18)13(8)17-14(19)10-4-2-3-5-11(10)15(17)20/h2-7,18H,1H3. The predicted molar refractivity (Wildman–Crippen MR) is 78.1 cm³/mol. The van der Waals surface area contributed by atoms with Crippen LogP contribution in [0.1, 0.15) is 26.3 Å². The van der Waals surface area contributed by atoms with Crippen molar-refractivity contribution in [3.8, 4) is 5.75 Å². The van der Waals surface area contributed by atoms with E-state index in [-0.39, 0.29) is 11.4 Å². The minimum atomic E-state index is -0.411. The topological polar surface area (TPSA) is 57.6 Å². The van der Waals surface area contributed by atoms with Gasteiger partial charge in [-0.3, -0.25) is 9.59 Å². The van der Waals surface area contributed by atoms with Gasteiger partial charge >= 0.3 is 0 Å². The van der Waals surface area contributed by atoms with Crippen LogP contribution >= 0.6 is 15.9 Å². The van der Waals surface area contributed by atoms with E-state index < -0.39 is 11.8 Å². The fraction of sp³-hybridized carbons (Fsp3) is 0.0667. The zero-order valence-electron chi connectivity index (χ0n) is 10.6. The zero-order chi connectivity index (χ0) is 14.4. The van der Waals surface area contributed by atoms with Crippen LogP contribution in [0.25, 0.3) is 0 Å². The van der Waals surface area contributed by atoms with Crippen molar-refractivity contribution < 1.29 is 14.7 Å². The summed E-state index contributed by atoms with van der Waals surface area (Å²) in [6, 6.07) is 9.86. The highest BCUT2D eigenvalue weighted by Crippen LogP contribution is 2.38. The highest BCUT2D eigenvalue weighted by molar-refractivity contribution is 9.10. The van der Waals surface area contributed by atoms with Crippen LogP contribution < -0.4 is 4.90 Å². The molecule has 1 aliphatic heterocycles. The summed E-state index contributed by atoms with van der Waals surface area (Å²) in [5.74, 6) is -0.927. The van der Waals surface area contributed by atoms with Crippen LogP contribution in [0.5, 0.6) is 5.75 Å². The number of amides is 2. The summed E-state index contributed by atoms with van der Waals surface area (Å²) in [5.41, 5.74) is 1.60. The van der Waals surface area contributed by atoms with Crippen molar-refractivity contribution in [3.05, 3.63) is 57.6 Å². The molecule has 1 aliphatic rings. The Balaban J connectivity index is 2.19. The first-order valence-corrected chi connectivity index (χ1v) is 6.77. The molecule has 0 unspecified atom stereocenters. The van der Waals surface area contributed by atoms with Crippen molar-refractivity contribution in [2.45, 2.75) is 6.92 Å². The lowest BCUT2D eigenvalue weighted by molar-refractivity contribution is 0.0925. The quantitative estimate of drug-likeness (QED) is 0.816. The van der Waals surface area contributed by atoms with Crippen molar-refractivity contribution >= 4 is 33.4 Å². The van der Waals surface area contributed by atoms with Gasteiger partial charge in [-0.05, 0) is 36.8 Å². The first-order chi connectivity index (χ1) is 9.50. The van der Waals surface area contributed by atoms with Crippen LogP contribution in [0.15, 0.2) is 40.9 Å². The molecule has 1 N–H and O–H groups in total. The number of anilines is 1. The molecule has 0 fully saturated rings. The highest BCUT2D eigenvalue weighted by Gasteiger charge is 2.38. The van der Waals surface area contributed by atoms with Gasteiger partial charge in [-0.25, -0.2) is 4.90 Å². The third-order valence-electron chi connectivity index (χ3n) is 3.26. The van der Waals surface area contributed by atoms with Gasteiger partial charge in [-0.2, -0.15) is 0 Å². The Hall–Kier alpha value is -2.14. The Morgan fingerprint density at radius 1 is 1.05 bits per heavy atom. The molecule has 0 radical (unpaired) electrons. The summed E-state index contributed by atoms with van der Waals surface area (Å²) < 4.78 is 0.688. The average molecular weight is 332 g/mol. The van der Waals surface area contributed by atoms with Crippen molar-refractivity contribution in [2.75, 3.05) is 4.90 Å². The lowest BCUT2D eigenvalue weighted by atomic mass is 10.1. The van der Waals surface area contributed by atoms with Crippen molar-refractivity contribution in [3.63, 3.8) is 0 Å². The number of imide groups is 1. The largest absolute Gasteiger partial charge is 0.506 e. The maximum Gasteiger partial charge on any atom is 0.266 e. The molecule has 0 saturated heterocycles. The van der Waals surface area contributed by atoms with Gasteiger partial charge < -0.3 is 5.11 Å². The second kappa shape index (κ2) is 4.45. The number of phenols is 1. The Morgan fingerprint density at radius 2 is 1.60 bits per heavy atom. The molecule has 1 heterocycles. The second-order valence-corrected chi connectivity index (χ2v) is 5.50. The number of nitrogens with zero attached hydrogens (tertiary/aromatic N) is 1. The molecule has 0 aliphatic carbocycles. The number of hydrogen-bond donors (Lipinski definition) is 1. The summed E-state index contributed by atoms with van der Waals surface area (Å²) in [5, 5.41) is 10.1. The number of rotatable bonds is 1. The van der Waals surface area contributed by atoms with Gasteiger partial charge in [-0.1, -0.05) is 28.1 Å². The third-order valence-corrected chi connectivity index (χ3v) is 3.72. The first kappa shape index (κ1) is 12.9. The van der Waals surface area contributed by atoms with E-state index in [9.17, 15) is 14.7 Å². The molecule has 2 amide bonds. The van der Waals surface area contributed by atoms with E-state index in [4.69, 9.17) is 0 Å². The molecular formula is C15H10BrNO3. The SMILES string of the molecule is Cc1cc(Br)cc(O)c1N1C(=O)c2ccccc2C1=O. The lowest BCUT2D eigenvalue weighted by Crippen LogP contribution is -2.30. The molecule has 4 nitrogen and oxygen atoms in total. The first-order valence-electron chi connectivity index (χ1n) is 5.97. The van der Waals surface area contributed by atoms with Gasteiger partial charge in [0.15, 0.2) is 0 Å². The maximum atomic E-state index is 12.4. The summed E-state index contributed by atoms with van der Waals surface area (Å²) in [4.78, 5) is 25.8. The molecule has 5 heteroatoms. The van der Waals surface area contributed by atoms with E-state index in [0.29, 0.717) is 21.2 Å². The average Bonchev–Trinajstić information content (AvgIpc) is 2.64. The minimum absolute atomic E-state index is 0.105. The maximum absolute atomic E-state index is 12.4. The monoisotopic (exact) mass is 331 g/mol. The van der Waals surface area contributed by atoms with E-state index in [0.717, 1.165) is 4.90 Å². The zero-order valence-corrected chi connectivity index (χ0v) is 12.1. The molecule has 0 atom stereocenters. The molecule has 2 aromatic rings. The van der Waals surface area contributed by atoms with Gasteiger partial charge in [-0.15, -0.1) is 0 Å². The van der Waals surface area contributed by atoms with Gasteiger partial charge in [0.2, 0.25) is 0 Å². The van der Waals surface area contributed by atoms with Crippen LogP contribution in [-0.4, -0.2) is 16.9 Å². The number of benzene rings is 2. The molecule has 20 heavy (non-hydrogen) atoms. The Kier molecular flexibility index (Phi) is 2.87.